The third-order valence-electron chi connectivity index (χ3n) is 4.18. The standard InChI is InChI=1S/C19H21NO3/c1-12-4-6-17(13(2)8-12)20-19(21)15-9-14-10-16(22-3)5-7-18(14)23-11-15/h4-8,10,15H,9,11H2,1-3H3,(H,20,21)/t15-/m0/s1. The van der Waals surface area contributed by atoms with Crippen LogP contribution < -0.4 is 14.8 Å². The maximum absolute atomic E-state index is 12.5. The topological polar surface area (TPSA) is 47.6 Å². The van der Waals surface area contributed by atoms with Crippen molar-refractivity contribution < 1.29 is 14.3 Å². The highest BCUT2D eigenvalue weighted by molar-refractivity contribution is 5.93. The van der Waals surface area contributed by atoms with Crippen LogP contribution in [-0.4, -0.2) is 19.6 Å². The van der Waals surface area contributed by atoms with Crippen molar-refractivity contribution in [1.82, 2.24) is 0 Å². The molecule has 0 unspecified atom stereocenters. The van der Waals surface area contributed by atoms with Gasteiger partial charge in [0.25, 0.3) is 0 Å². The number of hydrogen-bond acceptors (Lipinski definition) is 3. The number of carbonyl (C=O) groups excluding carboxylic acids is 1. The Hall–Kier alpha value is -2.49. The van der Waals surface area contributed by atoms with Crippen LogP contribution in [-0.2, 0) is 11.2 Å². The minimum atomic E-state index is -0.199. The van der Waals surface area contributed by atoms with Gasteiger partial charge in [-0.05, 0) is 55.7 Å². The van der Waals surface area contributed by atoms with Crippen molar-refractivity contribution in [3.63, 3.8) is 0 Å². The summed E-state index contributed by atoms with van der Waals surface area (Å²) in [6.07, 6.45) is 0.656. The SMILES string of the molecule is COc1ccc2c(c1)C[C@H](C(=O)Nc1ccc(C)cc1C)CO2. The van der Waals surface area contributed by atoms with Crippen molar-refractivity contribution in [2.75, 3.05) is 19.0 Å². The van der Waals surface area contributed by atoms with Crippen molar-refractivity contribution in [2.45, 2.75) is 20.3 Å². The van der Waals surface area contributed by atoms with Crippen LogP contribution in [0.2, 0.25) is 0 Å². The molecule has 0 aliphatic carbocycles. The highest BCUT2D eigenvalue weighted by atomic mass is 16.5. The molecule has 4 heteroatoms. The molecule has 1 heterocycles. The molecule has 0 saturated carbocycles. The lowest BCUT2D eigenvalue weighted by molar-refractivity contribution is -0.121. The molecule has 4 nitrogen and oxygen atoms in total. The lowest BCUT2D eigenvalue weighted by Gasteiger charge is -2.25. The molecular formula is C19H21NO3. The average Bonchev–Trinajstić information content (AvgIpc) is 2.56. The van der Waals surface area contributed by atoms with Crippen molar-refractivity contribution in [2.24, 2.45) is 5.92 Å². The van der Waals surface area contributed by atoms with Gasteiger partial charge in [-0.3, -0.25) is 4.79 Å². The molecule has 120 valence electrons. The number of benzene rings is 2. The highest BCUT2D eigenvalue weighted by Crippen LogP contribution is 2.31. The van der Waals surface area contributed by atoms with Crippen molar-refractivity contribution in [3.05, 3.63) is 53.1 Å². The second-order valence-corrected chi connectivity index (χ2v) is 5.99. The van der Waals surface area contributed by atoms with Crippen LogP contribution in [0.25, 0.3) is 0 Å². The first-order valence-electron chi connectivity index (χ1n) is 7.74. The minimum absolute atomic E-state index is 0.00887. The van der Waals surface area contributed by atoms with Crippen LogP contribution in [0.4, 0.5) is 5.69 Å². The molecule has 0 aromatic heterocycles. The van der Waals surface area contributed by atoms with E-state index in [0.717, 1.165) is 28.3 Å². The van der Waals surface area contributed by atoms with Gasteiger partial charge in [-0.15, -0.1) is 0 Å². The Morgan fingerprint density at radius 2 is 2.04 bits per heavy atom. The van der Waals surface area contributed by atoms with Gasteiger partial charge in [0.2, 0.25) is 5.91 Å². The van der Waals surface area contributed by atoms with Crippen LogP contribution >= 0.6 is 0 Å². The van der Waals surface area contributed by atoms with E-state index in [9.17, 15) is 4.79 Å². The third kappa shape index (κ3) is 3.31. The quantitative estimate of drug-likeness (QED) is 0.943. The van der Waals surface area contributed by atoms with E-state index in [4.69, 9.17) is 9.47 Å². The molecule has 1 atom stereocenters. The largest absolute Gasteiger partial charge is 0.497 e. The van der Waals surface area contributed by atoms with Crippen molar-refractivity contribution in [3.8, 4) is 11.5 Å². The van der Waals surface area contributed by atoms with Gasteiger partial charge in [0, 0.05) is 5.69 Å². The number of methoxy groups -OCH3 is 1. The zero-order chi connectivity index (χ0) is 16.4. The van der Waals surface area contributed by atoms with Gasteiger partial charge < -0.3 is 14.8 Å². The predicted molar refractivity (Wildman–Crippen MR) is 90.2 cm³/mol. The summed E-state index contributed by atoms with van der Waals surface area (Å²) in [7, 11) is 1.63. The number of anilines is 1. The third-order valence-corrected chi connectivity index (χ3v) is 4.18. The molecule has 0 saturated heterocycles. The molecular weight excluding hydrogens is 290 g/mol. The zero-order valence-corrected chi connectivity index (χ0v) is 13.7. The number of nitrogens with one attached hydrogen (secondary N) is 1. The fourth-order valence-electron chi connectivity index (χ4n) is 2.85. The lowest BCUT2D eigenvalue weighted by atomic mass is 9.95. The van der Waals surface area contributed by atoms with Crippen LogP contribution in [0, 0.1) is 19.8 Å². The van der Waals surface area contributed by atoms with E-state index in [0.29, 0.717) is 13.0 Å². The van der Waals surface area contributed by atoms with Crippen LogP contribution in [0.5, 0.6) is 11.5 Å². The summed E-state index contributed by atoms with van der Waals surface area (Å²) in [6, 6.07) is 11.7. The molecule has 1 amide bonds. The monoisotopic (exact) mass is 311 g/mol. The molecule has 0 fully saturated rings. The van der Waals surface area contributed by atoms with Gasteiger partial charge in [0.05, 0.1) is 13.0 Å². The van der Waals surface area contributed by atoms with E-state index in [1.807, 2.05) is 44.2 Å². The first-order valence-corrected chi connectivity index (χ1v) is 7.74. The molecule has 0 radical (unpaired) electrons. The van der Waals surface area contributed by atoms with Gasteiger partial charge in [0.15, 0.2) is 0 Å². The molecule has 0 bridgehead atoms. The van der Waals surface area contributed by atoms with Crippen LogP contribution in [0.15, 0.2) is 36.4 Å². The van der Waals surface area contributed by atoms with Crippen molar-refractivity contribution >= 4 is 11.6 Å². The van der Waals surface area contributed by atoms with Gasteiger partial charge in [0.1, 0.15) is 18.1 Å². The number of rotatable bonds is 3. The summed E-state index contributed by atoms with van der Waals surface area (Å²) >= 11 is 0. The molecule has 3 rings (SSSR count). The molecule has 1 aliphatic heterocycles. The maximum atomic E-state index is 12.5. The Balaban J connectivity index is 1.73. The average molecular weight is 311 g/mol. The Bertz CT molecular complexity index is 739. The van der Waals surface area contributed by atoms with Gasteiger partial charge in [-0.25, -0.2) is 0 Å². The molecule has 23 heavy (non-hydrogen) atoms. The summed E-state index contributed by atoms with van der Waals surface area (Å²) in [5.41, 5.74) is 4.12. The molecule has 2 aromatic carbocycles. The normalized spacial score (nSPS) is 16.2. The predicted octanol–water partition coefficient (Wildman–Crippen LogP) is 3.50. The number of carbonyl (C=O) groups is 1. The summed E-state index contributed by atoms with van der Waals surface area (Å²) < 4.78 is 11.0. The van der Waals surface area contributed by atoms with E-state index in [1.165, 1.54) is 5.56 Å². The molecule has 1 N–H and O–H groups in total. The van der Waals surface area contributed by atoms with Gasteiger partial charge >= 0.3 is 0 Å². The van der Waals surface area contributed by atoms with E-state index >= 15 is 0 Å². The molecule has 2 aromatic rings. The summed E-state index contributed by atoms with van der Waals surface area (Å²) in [5, 5.41) is 3.02. The Labute approximate surface area is 136 Å². The van der Waals surface area contributed by atoms with E-state index in [2.05, 4.69) is 11.4 Å². The fourth-order valence-corrected chi connectivity index (χ4v) is 2.85. The minimum Gasteiger partial charge on any atom is -0.497 e. The van der Waals surface area contributed by atoms with Gasteiger partial charge in [-0.1, -0.05) is 17.7 Å². The van der Waals surface area contributed by atoms with Gasteiger partial charge in [-0.2, -0.15) is 0 Å². The Morgan fingerprint density at radius 3 is 2.78 bits per heavy atom. The van der Waals surface area contributed by atoms with Crippen LogP contribution in [0.3, 0.4) is 0 Å². The second-order valence-electron chi connectivity index (χ2n) is 5.99. The number of hydrogen-bond donors (Lipinski definition) is 1. The van der Waals surface area contributed by atoms with E-state index < -0.39 is 0 Å². The fraction of sp³-hybridized carbons (Fsp3) is 0.316. The lowest BCUT2D eigenvalue weighted by Crippen LogP contribution is -2.32. The Kier molecular flexibility index (Phi) is 4.24. The first kappa shape index (κ1) is 15.4. The Morgan fingerprint density at radius 1 is 1.22 bits per heavy atom. The summed E-state index contributed by atoms with van der Waals surface area (Å²) in [6.45, 7) is 4.44. The second kappa shape index (κ2) is 6.32. The van der Waals surface area contributed by atoms with E-state index in [1.54, 1.807) is 7.11 Å². The summed E-state index contributed by atoms with van der Waals surface area (Å²) in [4.78, 5) is 12.5. The summed E-state index contributed by atoms with van der Waals surface area (Å²) in [5.74, 6) is 1.41. The molecule has 1 aliphatic rings. The number of ether oxygens (including phenoxy) is 2. The maximum Gasteiger partial charge on any atom is 0.231 e. The number of amides is 1. The van der Waals surface area contributed by atoms with E-state index in [-0.39, 0.29) is 11.8 Å². The highest BCUT2D eigenvalue weighted by Gasteiger charge is 2.26. The van der Waals surface area contributed by atoms with Crippen molar-refractivity contribution in [1.29, 1.82) is 0 Å². The number of fused-ring (bicyclic) bond motifs is 1. The smallest absolute Gasteiger partial charge is 0.231 e. The first-order chi connectivity index (χ1) is 11.1. The zero-order valence-electron chi connectivity index (χ0n) is 13.7. The number of aryl methyl sites for hydroxylation is 2. The van der Waals surface area contributed by atoms with Crippen LogP contribution in [0.1, 0.15) is 16.7 Å². The molecule has 0 spiro atoms.